The van der Waals surface area contributed by atoms with Gasteiger partial charge in [0.05, 0.1) is 4.91 Å². The summed E-state index contributed by atoms with van der Waals surface area (Å²) in [4.78, 5) is 36.4. The van der Waals surface area contributed by atoms with Crippen LogP contribution in [0.5, 0.6) is 0 Å². The highest BCUT2D eigenvalue weighted by molar-refractivity contribution is 8.26. The van der Waals surface area contributed by atoms with Crippen LogP contribution in [0.2, 0.25) is 0 Å². The zero-order valence-corrected chi connectivity index (χ0v) is 14.9. The lowest BCUT2D eigenvalue weighted by Crippen LogP contribution is -2.44. The zero-order chi connectivity index (χ0) is 17.9. The average molecular weight is 363 g/mol. The molecule has 1 aliphatic heterocycles. The maximum Gasteiger partial charge on any atom is 0.326 e. The number of thiocarbonyl (C=S) groups is 1. The molecule has 1 aromatic rings. The van der Waals surface area contributed by atoms with Gasteiger partial charge in [0.25, 0.3) is 5.91 Å². The minimum atomic E-state index is -1.06. The molecule has 126 valence electrons. The van der Waals surface area contributed by atoms with Gasteiger partial charge in [0, 0.05) is 5.56 Å². The molecule has 1 fully saturated rings. The third-order valence-electron chi connectivity index (χ3n) is 3.49. The first kappa shape index (κ1) is 18.4. The summed E-state index contributed by atoms with van der Waals surface area (Å²) in [7, 11) is 0. The monoisotopic (exact) mass is 363 g/mol. The molecule has 1 heterocycles. The van der Waals surface area contributed by atoms with Crippen LogP contribution >= 0.6 is 24.0 Å². The SMILES string of the molecule is CC(C)CC(C(=O)O)N1C(=O)/C(=C\c2ccc(C=O)cc2)SC1=S. The predicted octanol–water partition coefficient (Wildman–Crippen LogP) is 3.20. The molecule has 0 radical (unpaired) electrons. The summed E-state index contributed by atoms with van der Waals surface area (Å²) in [6.45, 7) is 3.80. The summed E-state index contributed by atoms with van der Waals surface area (Å²) < 4.78 is 0.254. The van der Waals surface area contributed by atoms with Crippen LogP contribution in [-0.4, -0.2) is 38.5 Å². The van der Waals surface area contributed by atoms with E-state index in [0.717, 1.165) is 23.6 Å². The van der Waals surface area contributed by atoms with Gasteiger partial charge in [-0.25, -0.2) is 4.79 Å². The van der Waals surface area contributed by atoms with Crippen molar-refractivity contribution in [3.63, 3.8) is 0 Å². The average Bonchev–Trinajstić information content (AvgIpc) is 2.79. The number of aldehydes is 1. The summed E-state index contributed by atoms with van der Waals surface area (Å²) in [5.41, 5.74) is 1.29. The Balaban J connectivity index is 2.27. The number of benzene rings is 1. The van der Waals surface area contributed by atoms with Crippen LogP contribution in [-0.2, 0) is 9.59 Å². The summed E-state index contributed by atoms with van der Waals surface area (Å²) >= 11 is 6.31. The van der Waals surface area contributed by atoms with Gasteiger partial charge >= 0.3 is 5.97 Å². The number of carbonyl (C=O) groups is 3. The van der Waals surface area contributed by atoms with Crippen molar-refractivity contribution in [2.45, 2.75) is 26.3 Å². The molecule has 1 saturated heterocycles. The van der Waals surface area contributed by atoms with Crippen LogP contribution < -0.4 is 0 Å². The molecule has 0 aliphatic carbocycles. The van der Waals surface area contributed by atoms with Crippen molar-refractivity contribution < 1.29 is 19.5 Å². The maximum absolute atomic E-state index is 12.6. The number of amides is 1. The van der Waals surface area contributed by atoms with Crippen molar-refractivity contribution in [3.8, 4) is 0 Å². The maximum atomic E-state index is 12.6. The fourth-order valence-electron chi connectivity index (χ4n) is 2.33. The fraction of sp³-hybridized carbons (Fsp3) is 0.294. The molecule has 1 amide bonds. The number of aliphatic carboxylic acids is 1. The lowest BCUT2D eigenvalue weighted by atomic mass is 10.0. The van der Waals surface area contributed by atoms with Gasteiger partial charge in [0.1, 0.15) is 16.6 Å². The molecule has 1 N–H and O–H groups in total. The fourth-order valence-corrected chi connectivity index (χ4v) is 3.69. The van der Waals surface area contributed by atoms with E-state index >= 15 is 0 Å². The minimum Gasteiger partial charge on any atom is -0.480 e. The van der Waals surface area contributed by atoms with Crippen molar-refractivity contribution in [2.24, 2.45) is 5.92 Å². The van der Waals surface area contributed by atoms with Gasteiger partial charge < -0.3 is 5.11 Å². The van der Waals surface area contributed by atoms with E-state index in [1.165, 1.54) is 4.90 Å². The van der Waals surface area contributed by atoms with Crippen molar-refractivity contribution in [1.82, 2.24) is 4.90 Å². The lowest BCUT2D eigenvalue weighted by molar-refractivity contribution is -0.145. The molecule has 1 unspecified atom stereocenters. The third-order valence-corrected chi connectivity index (χ3v) is 4.82. The molecule has 0 spiro atoms. The minimum absolute atomic E-state index is 0.121. The number of carbonyl (C=O) groups excluding carboxylic acids is 2. The molecule has 0 bridgehead atoms. The Bertz CT molecular complexity index is 710. The van der Waals surface area contributed by atoms with Gasteiger partial charge in [-0.3, -0.25) is 14.5 Å². The topological polar surface area (TPSA) is 74.7 Å². The van der Waals surface area contributed by atoms with E-state index in [1.807, 2.05) is 13.8 Å². The molecule has 2 rings (SSSR count). The second-order valence-electron chi connectivity index (χ2n) is 5.82. The standard InChI is InChI=1S/C17H17NO4S2/c1-10(2)7-13(16(21)22)18-15(20)14(24-17(18)23)8-11-3-5-12(9-19)6-4-11/h3-6,8-10,13H,7H2,1-2H3,(H,21,22)/b14-8+. The van der Waals surface area contributed by atoms with Crippen LogP contribution in [0.3, 0.4) is 0 Å². The number of rotatable bonds is 6. The third kappa shape index (κ3) is 4.10. The normalized spacial score (nSPS) is 17.6. The van der Waals surface area contributed by atoms with Crippen LogP contribution in [0.25, 0.3) is 6.08 Å². The first-order valence-electron chi connectivity index (χ1n) is 7.38. The molecule has 1 aliphatic rings. The van der Waals surface area contributed by atoms with Crippen molar-refractivity contribution in [2.75, 3.05) is 0 Å². The second kappa shape index (κ2) is 7.72. The summed E-state index contributed by atoms with van der Waals surface area (Å²) in [6, 6.07) is 5.79. The predicted molar refractivity (Wildman–Crippen MR) is 97.7 cm³/mol. The highest BCUT2D eigenvalue weighted by Crippen LogP contribution is 2.35. The first-order valence-corrected chi connectivity index (χ1v) is 8.61. The first-order chi connectivity index (χ1) is 11.3. The summed E-state index contributed by atoms with van der Waals surface area (Å²) in [6.07, 6.45) is 2.73. The van der Waals surface area contributed by atoms with Crippen molar-refractivity contribution in [1.29, 1.82) is 0 Å². The van der Waals surface area contributed by atoms with Crippen LogP contribution in [0.15, 0.2) is 29.2 Å². The Morgan fingerprint density at radius 2 is 1.88 bits per heavy atom. The molecule has 0 saturated carbocycles. The second-order valence-corrected chi connectivity index (χ2v) is 7.50. The highest BCUT2D eigenvalue weighted by atomic mass is 32.2. The number of hydrogen-bond acceptors (Lipinski definition) is 5. The van der Waals surface area contributed by atoms with E-state index < -0.39 is 17.9 Å². The van der Waals surface area contributed by atoms with Gasteiger partial charge in [-0.05, 0) is 24.0 Å². The van der Waals surface area contributed by atoms with E-state index in [9.17, 15) is 19.5 Å². The highest BCUT2D eigenvalue weighted by Gasteiger charge is 2.40. The molecule has 24 heavy (non-hydrogen) atoms. The van der Waals surface area contributed by atoms with E-state index in [0.29, 0.717) is 16.9 Å². The largest absolute Gasteiger partial charge is 0.480 e. The van der Waals surface area contributed by atoms with E-state index in [1.54, 1.807) is 30.3 Å². The van der Waals surface area contributed by atoms with Gasteiger partial charge in [-0.15, -0.1) is 0 Å². The molecule has 7 heteroatoms. The lowest BCUT2D eigenvalue weighted by Gasteiger charge is -2.24. The Morgan fingerprint density at radius 3 is 2.38 bits per heavy atom. The van der Waals surface area contributed by atoms with Gasteiger partial charge in [-0.1, -0.05) is 62.1 Å². The Labute approximate surface area is 149 Å². The van der Waals surface area contributed by atoms with Crippen LogP contribution in [0, 0.1) is 5.92 Å². The van der Waals surface area contributed by atoms with Crippen LogP contribution in [0.4, 0.5) is 0 Å². The molecular formula is C17H17NO4S2. The molecule has 1 aromatic carbocycles. The number of hydrogen-bond donors (Lipinski definition) is 1. The Kier molecular flexibility index (Phi) is 5.90. The quantitative estimate of drug-likeness (QED) is 0.475. The Hall–Kier alpha value is -1.99. The number of thioether (sulfide) groups is 1. The number of carboxylic acid groups (broad SMARTS) is 1. The van der Waals surface area contributed by atoms with Gasteiger partial charge in [0.15, 0.2) is 0 Å². The van der Waals surface area contributed by atoms with E-state index in [2.05, 4.69) is 0 Å². The van der Waals surface area contributed by atoms with Gasteiger partial charge in [0.2, 0.25) is 0 Å². The van der Waals surface area contributed by atoms with E-state index in [4.69, 9.17) is 12.2 Å². The van der Waals surface area contributed by atoms with Crippen molar-refractivity contribution in [3.05, 3.63) is 40.3 Å². The van der Waals surface area contributed by atoms with Crippen molar-refractivity contribution >= 4 is 52.5 Å². The van der Waals surface area contributed by atoms with E-state index in [-0.39, 0.29) is 10.2 Å². The smallest absolute Gasteiger partial charge is 0.326 e. The zero-order valence-electron chi connectivity index (χ0n) is 13.3. The number of nitrogens with zero attached hydrogens (tertiary/aromatic N) is 1. The molecule has 1 atom stereocenters. The Morgan fingerprint density at radius 1 is 1.29 bits per heavy atom. The molecular weight excluding hydrogens is 346 g/mol. The summed E-state index contributed by atoms with van der Waals surface area (Å²) in [5.74, 6) is -1.33. The molecule has 0 aromatic heterocycles. The van der Waals surface area contributed by atoms with Gasteiger partial charge in [-0.2, -0.15) is 0 Å². The summed E-state index contributed by atoms with van der Waals surface area (Å²) in [5, 5.41) is 9.44. The van der Waals surface area contributed by atoms with Crippen LogP contribution in [0.1, 0.15) is 36.2 Å². The number of carboxylic acids is 1. The molecule has 5 nitrogen and oxygen atoms in total.